The second-order valence-corrected chi connectivity index (χ2v) is 7.39. The molecule has 1 saturated carbocycles. The van der Waals surface area contributed by atoms with Gasteiger partial charge in [-0.2, -0.15) is 0 Å². The number of benzene rings is 1. The number of hydrogen-bond acceptors (Lipinski definition) is 5. The van der Waals surface area contributed by atoms with E-state index in [4.69, 9.17) is 0 Å². The maximum atomic E-state index is 12.3. The van der Waals surface area contributed by atoms with Crippen molar-refractivity contribution >= 4 is 15.7 Å². The van der Waals surface area contributed by atoms with E-state index in [0.717, 1.165) is 18.9 Å². The van der Waals surface area contributed by atoms with Gasteiger partial charge in [0.25, 0.3) is 15.7 Å². The molecule has 1 N–H and O–H groups in total. The van der Waals surface area contributed by atoms with Gasteiger partial charge in [-0.15, -0.1) is 4.83 Å². The van der Waals surface area contributed by atoms with E-state index in [1.165, 1.54) is 37.5 Å². The molecule has 0 aromatic heterocycles. The highest BCUT2D eigenvalue weighted by Gasteiger charge is 2.21. The van der Waals surface area contributed by atoms with E-state index in [9.17, 15) is 18.5 Å². The lowest BCUT2D eigenvalue weighted by Gasteiger charge is -2.27. The highest BCUT2D eigenvalue weighted by atomic mass is 32.2. The van der Waals surface area contributed by atoms with Gasteiger partial charge in [-0.25, -0.2) is 13.4 Å². The van der Waals surface area contributed by atoms with Gasteiger partial charge in [0.2, 0.25) is 0 Å². The average Bonchev–Trinajstić information content (AvgIpc) is 2.47. The Labute approximate surface area is 130 Å². The molecule has 0 amide bonds. The lowest BCUT2D eigenvalue weighted by atomic mass is 9.89. The lowest BCUT2D eigenvalue weighted by molar-refractivity contribution is -0.385. The van der Waals surface area contributed by atoms with E-state index < -0.39 is 14.9 Å². The van der Waals surface area contributed by atoms with Crippen molar-refractivity contribution < 1.29 is 13.3 Å². The van der Waals surface area contributed by atoms with Gasteiger partial charge in [0, 0.05) is 25.7 Å². The summed E-state index contributed by atoms with van der Waals surface area (Å²) in [5, 5.41) is 12.3. The molecule has 0 heterocycles. The van der Waals surface area contributed by atoms with Crippen molar-refractivity contribution in [3.8, 4) is 0 Å². The van der Waals surface area contributed by atoms with Crippen molar-refractivity contribution in [3.05, 3.63) is 34.4 Å². The molecule has 1 fully saturated rings. The van der Waals surface area contributed by atoms with E-state index in [2.05, 4.69) is 4.83 Å². The highest BCUT2D eigenvalue weighted by molar-refractivity contribution is 7.89. The van der Waals surface area contributed by atoms with Crippen LogP contribution in [-0.2, 0) is 10.0 Å². The lowest BCUT2D eigenvalue weighted by Crippen LogP contribution is -2.42. The molecule has 8 heteroatoms. The van der Waals surface area contributed by atoms with Crippen molar-refractivity contribution in [1.29, 1.82) is 0 Å². The Balaban J connectivity index is 2.03. The number of hydrazine groups is 1. The molecule has 1 aliphatic carbocycles. The molecule has 122 valence electrons. The Morgan fingerprint density at radius 2 is 2.00 bits per heavy atom. The summed E-state index contributed by atoms with van der Waals surface area (Å²) in [6.45, 7) is 0.647. The summed E-state index contributed by atoms with van der Waals surface area (Å²) in [4.78, 5) is 12.5. The molecule has 0 bridgehead atoms. The van der Waals surface area contributed by atoms with Crippen LogP contribution >= 0.6 is 0 Å². The Hall–Kier alpha value is -1.51. The first-order chi connectivity index (χ1) is 10.4. The topological polar surface area (TPSA) is 92.6 Å². The van der Waals surface area contributed by atoms with E-state index in [0.29, 0.717) is 12.5 Å². The summed E-state index contributed by atoms with van der Waals surface area (Å²) in [5.41, 5.74) is -0.238. The Morgan fingerprint density at radius 1 is 1.32 bits per heavy atom. The standard InChI is InChI=1S/C14H21N3O4S/c1-16(11-12-6-3-2-4-7-12)15-22(20,21)14-9-5-8-13(10-14)17(18)19/h5,8-10,12,15H,2-4,6-7,11H2,1H3. The van der Waals surface area contributed by atoms with Crippen LogP contribution in [0.25, 0.3) is 0 Å². The number of hydrogen-bond donors (Lipinski definition) is 1. The quantitative estimate of drug-likeness (QED) is 0.639. The number of nitrogens with one attached hydrogen (secondary N) is 1. The summed E-state index contributed by atoms with van der Waals surface area (Å²) < 4.78 is 24.6. The normalized spacial score (nSPS) is 16.8. The highest BCUT2D eigenvalue weighted by Crippen LogP contribution is 2.24. The van der Waals surface area contributed by atoms with Crippen molar-refractivity contribution in [1.82, 2.24) is 9.84 Å². The van der Waals surface area contributed by atoms with Crippen LogP contribution in [-0.4, -0.2) is 31.9 Å². The van der Waals surface area contributed by atoms with E-state index in [-0.39, 0.29) is 10.6 Å². The largest absolute Gasteiger partial charge is 0.270 e. The molecule has 22 heavy (non-hydrogen) atoms. The third-order valence-electron chi connectivity index (χ3n) is 3.87. The zero-order valence-electron chi connectivity index (χ0n) is 12.6. The zero-order valence-corrected chi connectivity index (χ0v) is 13.4. The van der Waals surface area contributed by atoms with Crippen LogP contribution in [0.2, 0.25) is 0 Å². The van der Waals surface area contributed by atoms with Crippen LogP contribution in [0, 0.1) is 16.0 Å². The van der Waals surface area contributed by atoms with Gasteiger partial charge in [-0.05, 0) is 24.8 Å². The minimum Gasteiger partial charge on any atom is -0.258 e. The molecular weight excluding hydrogens is 306 g/mol. The molecule has 1 aromatic rings. The maximum Gasteiger partial charge on any atom is 0.270 e. The molecule has 0 spiro atoms. The average molecular weight is 327 g/mol. The Morgan fingerprint density at radius 3 is 2.64 bits per heavy atom. The molecule has 0 saturated heterocycles. The molecule has 1 aliphatic rings. The molecule has 7 nitrogen and oxygen atoms in total. The van der Waals surface area contributed by atoms with Gasteiger partial charge in [-0.3, -0.25) is 10.1 Å². The minimum atomic E-state index is -3.79. The van der Waals surface area contributed by atoms with Crippen molar-refractivity contribution in [2.45, 2.75) is 37.0 Å². The Bertz CT molecular complexity index is 627. The first-order valence-electron chi connectivity index (χ1n) is 7.36. The van der Waals surface area contributed by atoms with Crippen molar-refractivity contribution in [2.75, 3.05) is 13.6 Å². The number of nitrogens with zero attached hydrogens (tertiary/aromatic N) is 2. The monoisotopic (exact) mass is 327 g/mol. The molecule has 2 rings (SSSR count). The number of rotatable bonds is 6. The minimum absolute atomic E-state index is 0.0998. The van der Waals surface area contributed by atoms with E-state index in [1.807, 2.05) is 0 Å². The molecule has 0 unspecified atom stereocenters. The van der Waals surface area contributed by atoms with Crippen LogP contribution in [0.5, 0.6) is 0 Å². The fourth-order valence-corrected chi connectivity index (χ4v) is 3.94. The maximum absolute atomic E-state index is 12.3. The summed E-state index contributed by atoms with van der Waals surface area (Å²) in [6, 6.07) is 5.05. The number of nitro groups is 1. The fourth-order valence-electron chi connectivity index (χ4n) is 2.82. The molecule has 0 atom stereocenters. The van der Waals surface area contributed by atoms with E-state index in [1.54, 1.807) is 12.1 Å². The van der Waals surface area contributed by atoms with E-state index >= 15 is 0 Å². The Kier molecular flexibility index (Phi) is 5.49. The van der Waals surface area contributed by atoms with Gasteiger partial charge in [0.15, 0.2) is 0 Å². The fraction of sp³-hybridized carbons (Fsp3) is 0.571. The van der Waals surface area contributed by atoms with Crippen LogP contribution in [0.15, 0.2) is 29.2 Å². The van der Waals surface area contributed by atoms with Crippen molar-refractivity contribution in [3.63, 3.8) is 0 Å². The molecule has 0 radical (unpaired) electrons. The van der Waals surface area contributed by atoms with Gasteiger partial charge in [0.1, 0.15) is 0 Å². The summed E-state index contributed by atoms with van der Waals surface area (Å²) in [5.74, 6) is 0.492. The first-order valence-corrected chi connectivity index (χ1v) is 8.85. The number of sulfonamides is 1. The molecular formula is C14H21N3O4S. The van der Waals surface area contributed by atoms with Gasteiger partial charge >= 0.3 is 0 Å². The van der Waals surface area contributed by atoms with Crippen LogP contribution < -0.4 is 4.83 Å². The van der Waals surface area contributed by atoms with Gasteiger partial charge in [-0.1, -0.05) is 25.3 Å². The van der Waals surface area contributed by atoms with Gasteiger partial charge < -0.3 is 0 Å². The third-order valence-corrected chi connectivity index (χ3v) is 5.30. The third kappa shape index (κ3) is 4.49. The van der Waals surface area contributed by atoms with Crippen LogP contribution in [0.4, 0.5) is 5.69 Å². The number of non-ortho nitro benzene ring substituents is 1. The van der Waals surface area contributed by atoms with Crippen LogP contribution in [0.3, 0.4) is 0 Å². The second kappa shape index (κ2) is 7.17. The van der Waals surface area contributed by atoms with Crippen molar-refractivity contribution in [2.24, 2.45) is 5.92 Å². The first kappa shape index (κ1) is 16.9. The predicted octanol–water partition coefficient (Wildman–Crippen LogP) is 2.30. The van der Waals surface area contributed by atoms with Crippen LogP contribution in [0.1, 0.15) is 32.1 Å². The molecule has 1 aromatic carbocycles. The van der Waals surface area contributed by atoms with Gasteiger partial charge in [0.05, 0.1) is 9.82 Å². The SMILES string of the molecule is CN(CC1CCCCC1)NS(=O)(=O)c1cccc([N+](=O)[O-])c1. The summed E-state index contributed by atoms with van der Waals surface area (Å²) >= 11 is 0. The number of nitro benzene ring substituents is 1. The second-order valence-electron chi connectivity index (χ2n) is 5.73. The summed E-state index contributed by atoms with van der Waals surface area (Å²) in [6.07, 6.45) is 5.86. The zero-order chi connectivity index (χ0) is 16.2. The summed E-state index contributed by atoms with van der Waals surface area (Å²) in [7, 11) is -2.11. The predicted molar refractivity (Wildman–Crippen MR) is 82.6 cm³/mol. The smallest absolute Gasteiger partial charge is 0.258 e. The molecule has 0 aliphatic heterocycles.